The largest absolute Gasteiger partial charge is 0.495 e. The van der Waals surface area contributed by atoms with Gasteiger partial charge in [-0.05, 0) is 49.9 Å². The Morgan fingerprint density at radius 3 is 2.42 bits per heavy atom. The van der Waals surface area contributed by atoms with Crippen molar-refractivity contribution in [3.8, 4) is 17.2 Å². The van der Waals surface area contributed by atoms with E-state index >= 15 is 0 Å². The Bertz CT molecular complexity index is 1040. The molecule has 0 spiro atoms. The smallest absolute Gasteiger partial charge is 0.262 e. The van der Waals surface area contributed by atoms with Gasteiger partial charge in [0.2, 0.25) is 5.91 Å². The Balaban J connectivity index is 1.71. The molecule has 2 fully saturated rings. The number of carbonyl (C=O) groups excluding carboxylic acids is 1. The number of nitrogens with one attached hydrogen (secondary N) is 1. The van der Waals surface area contributed by atoms with Gasteiger partial charge in [-0.25, -0.2) is 8.51 Å². The number of ether oxygens (including phenoxy) is 2. The Hall–Kier alpha value is -1.52. The molecule has 11 heteroatoms. The summed E-state index contributed by atoms with van der Waals surface area (Å²) in [5.74, 6) is 0.626. The van der Waals surface area contributed by atoms with E-state index in [1.54, 1.807) is 24.3 Å². The van der Waals surface area contributed by atoms with Crippen molar-refractivity contribution in [2.45, 2.75) is 37.3 Å². The Morgan fingerprint density at radius 2 is 1.90 bits per heavy atom. The van der Waals surface area contributed by atoms with Crippen molar-refractivity contribution in [1.82, 2.24) is 5.32 Å². The summed E-state index contributed by atoms with van der Waals surface area (Å²) in [6, 6.07) is 8.18. The highest BCUT2D eigenvalue weighted by molar-refractivity contribution is 9.10. The normalized spacial score (nSPS) is 17.6. The molecule has 1 unspecified atom stereocenters. The van der Waals surface area contributed by atoms with Crippen LogP contribution in [-0.2, 0) is 16.1 Å². The lowest BCUT2D eigenvalue weighted by molar-refractivity contribution is -0.123. The van der Waals surface area contributed by atoms with E-state index in [-0.39, 0.29) is 23.4 Å². The van der Waals surface area contributed by atoms with Crippen LogP contribution in [0.5, 0.6) is 17.2 Å². The molecular formula is C20H19BrCl2N2O5S. The molecule has 2 N–H and O–H groups in total. The quantitative estimate of drug-likeness (QED) is 0.435. The first-order chi connectivity index (χ1) is 14.7. The lowest BCUT2D eigenvalue weighted by Gasteiger charge is -2.30. The number of amides is 1. The van der Waals surface area contributed by atoms with Crippen molar-refractivity contribution in [3.05, 3.63) is 44.8 Å². The molecule has 1 amide bonds. The molecule has 166 valence electrons. The molecule has 0 radical (unpaired) electrons. The van der Waals surface area contributed by atoms with Gasteiger partial charge < -0.3 is 14.8 Å². The number of rotatable bonds is 8. The summed E-state index contributed by atoms with van der Waals surface area (Å²) in [5, 5.41) is 3.52. The monoisotopic (exact) mass is 548 g/mol. The average Bonchev–Trinajstić information content (AvgIpc) is 3.61. The van der Waals surface area contributed by atoms with E-state index in [9.17, 15) is 13.6 Å². The van der Waals surface area contributed by atoms with Crippen LogP contribution in [0.1, 0.15) is 25.7 Å². The van der Waals surface area contributed by atoms with Crippen LogP contribution in [0.3, 0.4) is 0 Å². The van der Waals surface area contributed by atoms with Gasteiger partial charge in [0, 0.05) is 16.6 Å². The van der Waals surface area contributed by atoms with Crippen molar-refractivity contribution in [3.63, 3.8) is 0 Å². The molecule has 2 aromatic rings. The van der Waals surface area contributed by atoms with E-state index in [1.807, 2.05) is 0 Å². The summed E-state index contributed by atoms with van der Waals surface area (Å²) < 4.78 is 35.7. The highest BCUT2D eigenvalue weighted by Gasteiger charge is 2.58. The van der Waals surface area contributed by atoms with Crippen LogP contribution in [0.25, 0.3) is 0 Å². The zero-order valence-corrected chi connectivity index (χ0v) is 20.3. The zero-order valence-electron chi connectivity index (χ0n) is 16.4. The lowest BCUT2D eigenvalue weighted by atomic mass is 10.2. The van der Waals surface area contributed by atoms with E-state index in [0.29, 0.717) is 38.9 Å². The molecule has 2 aliphatic rings. The van der Waals surface area contributed by atoms with Crippen molar-refractivity contribution < 1.29 is 23.0 Å². The average molecular weight is 550 g/mol. The second kappa shape index (κ2) is 8.78. The first-order valence-electron chi connectivity index (χ1n) is 9.48. The predicted octanol–water partition coefficient (Wildman–Crippen LogP) is 5.31. The van der Waals surface area contributed by atoms with Crippen LogP contribution in [0.2, 0.25) is 10.0 Å². The summed E-state index contributed by atoms with van der Waals surface area (Å²) in [4.78, 5) is 12.9. The van der Waals surface area contributed by atoms with E-state index in [4.69, 9.17) is 32.7 Å². The van der Waals surface area contributed by atoms with Gasteiger partial charge >= 0.3 is 0 Å². The molecule has 31 heavy (non-hydrogen) atoms. The molecule has 4 rings (SSSR count). The highest BCUT2D eigenvalue weighted by atomic mass is 79.9. The van der Waals surface area contributed by atoms with E-state index in [1.165, 1.54) is 17.5 Å². The fraction of sp³-hybridized carbons (Fsp3) is 0.350. The number of benzene rings is 2. The molecule has 1 atom stereocenters. The SMILES string of the molecule is COc1ccc(Oc2c(Cl)cc(Br)cc2Cl)cc1N(S(=O)O)C1(C(=O)NC2CC2)CC1. The number of carbonyl (C=O) groups is 1. The maximum absolute atomic E-state index is 12.9. The first-order valence-corrected chi connectivity index (χ1v) is 12.1. The third-order valence-electron chi connectivity index (χ3n) is 5.16. The van der Waals surface area contributed by atoms with Gasteiger partial charge in [0.25, 0.3) is 11.3 Å². The standard InChI is InChI=1S/C20H19BrCl2N2O5S/c1-29-17-5-4-13(30-18-14(22)8-11(21)9-15(18)23)10-16(17)25(31(27)28)20(6-7-20)19(26)24-12-2-3-12/h4-5,8-10,12H,2-3,6-7H2,1H3,(H,24,26)(H,27,28). The fourth-order valence-corrected chi connectivity index (χ4v) is 5.45. The second-order valence-electron chi connectivity index (χ2n) is 7.44. The van der Waals surface area contributed by atoms with Crippen LogP contribution in [-0.4, -0.2) is 33.4 Å². The molecule has 0 saturated heterocycles. The fourth-order valence-electron chi connectivity index (χ4n) is 3.29. The van der Waals surface area contributed by atoms with Gasteiger partial charge in [-0.15, -0.1) is 0 Å². The number of methoxy groups -OCH3 is 1. The highest BCUT2D eigenvalue weighted by Crippen LogP contribution is 2.49. The maximum Gasteiger partial charge on any atom is 0.262 e. The minimum Gasteiger partial charge on any atom is -0.495 e. The third kappa shape index (κ3) is 4.66. The van der Waals surface area contributed by atoms with Gasteiger partial charge in [0.15, 0.2) is 5.75 Å². The summed E-state index contributed by atoms with van der Waals surface area (Å²) in [6.45, 7) is 0. The summed E-state index contributed by atoms with van der Waals surface area (Å²) >= 11 is 13.4. The predicted molar refractivity (Wildman–Crippen MR) is 124 cm³/mol. The van der Waals surface area contributed by atoms with E-state index in [0.717, 1.165) is 12.8 Å². The summed E-state index contributed by atoms with van der Waals surface area (Å²) in [7, 11) is 1.45. The topological polar surface area (TPSA) is 88.1 Å². The second-order valence-corrected chi connectivity index (χ2v) is 10.00. The number of halogens is 3. The summed E-state index contributed by atoms with van der Waals surface area (Å²) in [5.41, 5.74) is -0.852. The van der Waals surface area contributed by atoms with Gasteiger partial charge in [-0.2, -0.15) is 0 Å². The minimum absolute atomic E-state index is 0.136. The molecular weight excluding hydrogens is 531 g/mol. The van der Waals surface area contributed by atoms with Crippen LogP contribution in [0.15, 0.2) is 34.8 Å². The third-order valence-corrected chi connectivity index (χ3v) is 7.03. The van der Waals surface area contributed by atoms with Gasteiger partial charge in [-0.3, -0.25) is 9.35 Å². The van der Waals surface area contributed by atoms with Gasteiger partial charge in [0.05, 0.1) is 22.8 Å². The molecule has 0 aliphatic heterocycles. The molecule has 7 nitrogen and oxygen atoms in total. The van der Waals surface area contributed by atoms with E-state index in [2.05, 4.69) is 21.2 Å². The molecule has 0 bridgehead atoms. The maximum atomic E-state index is 12.9. The van der Waals surface area contributed by atoms with Crippen LogP contribution in [0, 0.1) is 0 Å². The minimum atomic E-state index is -2.48. The van der Waals surface area contributed by atoms with Crippen molar-refractivity contribution in [2.75, 3.05) is 11.4 Å². The van der Waals surface area contributed by atoms with Crippen molar-refractivity contribution >= 4 is 62.0 Å². The number of anilines is 1. The van der Waals surface area contributed by atoms with Crippen LogP contribution < -0.4 is 19.1 Å². The molecule has 0 aromatic heterocycles. The Kier molecular flexibility index (Phi) is 6.42. The number of hydrogen-bond donors (Lipinski definition) is 2. The number of nitrogens with zero attached hydrogens (tertiary/aromatic N) is 1. The van der Waals surface area contributed by atoms with Crippen LogP contribution >= 0.6 is 39.1 Å². The van der Waals surface area contributed by atoms with Crippen LogP contribution in [0.4, 0.5) is 5.69 Å². The summed E-state index contributed by atoms with van der Waals surface area (Å²) in [6.07, 6.45) is 2.75. The first kappa shape index (κ1) is 22.7. The number of hydrogen-bond acceptors (Lipinski definition) is 4. The molecule has 2 saturated carbocycles. The molecule has 0 heterocycles. The molecule has 2 aliphatic carbocycles. The lowest BCUT2D eigenvalue weighted by Crippen LogP contribution is -2.50. The Labute approximate surface area is 200 Å². The van der Waals surface area contributed by atoms with Crippen molar-refractivity contribution in [1.29, 1.82) is 0 Å². The van der Waals surface area contributed by atoms with Gasteiger partial charge in [0.1, 0.15) is 17.0 Å². The molecule has 2 aromatic carbocycles. The van der Waals surface area contributed by atoms with Crippen molar-refractivity contribution in [2.24, 2.45) is 0 Å². The van der Waals surface area contributed by atoms with Gasteiger partial charge in [-0.1, -0.05) is 39.1 Å². The zero-order chi connectivity index (χ0) is 22.3. The Morgan fingerprint density at radius 1 is 1.26 bits per heavy atom. The van der Waals surface area contributed by atoms with E-state index < -0.39 is 16.8 Å².